The SMILES string of the molecule is C=C[Si](Br)(C=C)c1cccc2ccccc12. The fourth-order valence-corrected chi connectivity index (χ4v) is 4.50. The van der Waals surface area contributed by atoms with Crippen LogP contribution < -0.4 is 5.19 Å². The van der Waals surface area contributed by atoms with Gasteiger partial charge in [-0.15, -0.1) is 28.5 Å². The maximum atomic E-state index is 3.93. The van der Waals surface area contributed by atoms with Gasteiger partial charge in [0, 0.05) is 0 Å². The summed E-state index contributed by atoms with van der Waals surface area (Å²) in [5.74, 6) is 0. The highest BCUT2D eigenvalue weighted by molar-refractivity contribution is 9.27. The van der Waals surface area contributed by atoms with Crippen molar-refractivity contribution in [1.82, 2.24) is 0 Å². The van der Waals surface area contributed by atoms with Gasteiger partial charge in [0.05, 0.1) is 0 Å². The summed E-state index contributed by atoms with van der Waals surface area (Å²) in [6, 6.07) is 14.8. The minimum Gasteiger partial charge on any atom is -0.109 e. The Labute approximate surface area is 105 Å². The van der Waals surface area contributed by atoms with Gasteiger partial charge in [-0.05, 0) is 16.0 Å². The summed E-state index contributed by atoms with van der Waals surface area (Å²) < 4.78 is 0. The molecule has 0 fully saturated rings. The van der Waals surface area contributed by atoms with Crippen molar-refractivity contribution in [3.8, 4) is 0 Å². The molecule has 80 valence electrons. The molecule has 2 aromatic carbocycles. The molecule has 0 N–H and O–H groups in total. The first-order valence-corrected chi connectivity index (χ1v) is 9.57. The van der Waals surface area contributed by atoms with Crippen LogP contribution in [-0.2, 0) is 0 Å². The first-order valence-electron chi connectivity index (χ1n) is 5.15. The molecule has 0 nitrogen and oxygen atoms in total. The van der Waals surface area contributed by atoms with E-state index < -0.39 is 6.69 Å². The number of halogens is 1. The van der Waals surface area contributed by atoms with Gasteiger partial charge in [-0.3, -0.25) is 0 Å². The minimum atomic E-state index is -1.90. The summed E-state index contributed by atoms with van der Waals surface area (Å²) in [7, 11) is 0. The Hall–Kier alpha value is -1.12. The molecule has 2 rings (SSSR count). The molecule has 0 aliphatic rings. The van der Waals surface area contributed by atoms with Crippen LogP contribution in [0.25, 0.3) is 10.8 Å². The van der Waals surface area contributed by atoms with E-state index in [4.69, 9.17) is 0 Å². The molecular weight excluding hydrogens is 276 g/mol. The summed E-state index contributed by atoms with van der Waals surface area (Å²) >= 11 is 3.82. The number of fused-ring (bicyclic) bond motifs is 1. The van der Waals surface area contributed by atoms with Crippen molar-refractivity contribution < 1.29 is 0 Å². The third kappa shape index (κ3) is 1.79. The number of hydrogen-bond donors (Lipinski definition) is 0. The van der Waals surface area contributed by atoms with E-state index >= 15 is 0 Å². The lowest BCUT2D eigenvalue weighted by molar-refractivity contribution is 1.77. The highest BCUT2D eigenvalue weighted by Gasteiger charge is 2.26. The maximum Gasteiger partial charge on any atom is 0.206 e. The van der Waals surface area contributed by atoms with Gasteiger partial charge in [-0.2, -0.15) is 0 Å². The fraction of sp³-hybridized carbons (Fsp3) is 0. The van der Waals surface area contributed by atoms with Crippen LogP contribution in [0.3, 0.4) is 0 Å². The quantitative estimate of drug-likeness (QED) is 0.595. The Kier molecular flexibility index (Phi) is 3.12. The van der Waals surface area contributed by atoms with Crippen molar-refractivity contribution in [2.24, 2.45) is 0 Å². The second kappa shape index (κ2) is 4.40. The van der Waals surface area contributed by atoms with Crippen LogP contribution in [0.5, 0.6) is 0 Å². The first kappa shape index (κ1) is 11.4. The van der Waals surface area contributed by atoms with Crippen LogP contribution in [0.1, 0.15) is 0 Å². The summed E-state index contributed by atoms with van der Waals surface area (Å²) in [6.07, 6.45) is 0. The smallest absolute Gasteiger partial charge is 0.109 e. The van der Waals surface area contributed by atoms with Crippen molar-refractivity contribution in [3.63, 3.8) is 0 Å². The Morgan fingerprint density at radius 3 is 2.25 bits per heavy atom. The topological polar surface area (TPSA) is 0 Å². The van der Waals surface area contributed by atoms with E-state index in [1.54, 1.807) is 0 Å². The Bertz CT molecular complexity index is 532. The largest absolute Gasteiger partial charge is 0.206 e. The van der Waals surface area contributed by atoms with Gasteiger partial charge in [-0.1, -0.05) is 53.9 Å². The third-order valence-electron chi connectivity index (χ3n) is 2.80. The Morgan fingerprint density at radius 1 is 0.938 bits per heavy atom. The van der Waals surface area contributed by atoms with Crippen LogP contribution in [0.2, 0.25) is 0 Å². The molecule has 0 unspecified atom stereocenters. The number of rotatable bonds is 3. The van der Waals surface area contributed by atoms with E-state index in [-0.39, 0.29) is 0 Å². The second-order valence-electron chi connectivity index (χ2n) is 3.70. The monoisotopic (exact) mass is 288 g/mol. The van der Waals surface area contributed by atoms with Crippen molar-refractivity contribution in [2.75, 3.05) is 0 Å². The molecule has 0 aliphatic heterocycles. The lowest BCUT2D eigenvalue weighted by Gasteiger charge is -2.18. The van der Waals surface area contributed by atoms with Crippen LogP contribution in [-0.4, -0.2) is 6.69 Å². The highest BCUT2D eigenvalue weighted by atomic mass is 79.9. The second-order valence-corrected chi connectivity index (χ2v) is 10.5. The van der Waals surface area contributed by atoms with Crippen molar-refractivity contribution in [1.29, 1.82) is 0 Å². The van der Waals surface area contributed by atoms with Crippen LogP contribution in [0.4, 0.5) is 0 Å². The number of benzene rings is 2. The lowest BCUT2D eigenvalue weighted by Crippen LogP contribution is -2.38. The van der Waals surface area contributed by atoms with E-state index in [1.165, 1.54) is 16.0 Å². The molecule has 0 saturated heterocycles. The molecule has 0 saturated carbocycles. The van der Waals surface area contributed by atoms with E-state index in [1.807, 2.05) is 11.4 Å². The Morgan fingerprint density at radius 2 is 1.56 bits per heavy atom. The van der Waals surface area contributed by atoms with E-state index in [0.717, 1.165) is 0 Å². The Balaban J connectivity index is 2.78. The fourth-order valence-electron chi connectivity index (χ4n) is 1.86. The summed E-state index contributed by atoms with van der Waals surface area (Å²) in [6.45, 7) is 5.96. The van der Waals surface area contributed by atoms with Gasteiger partial charge in [0.1, 0.15) is 0 Å². The lowest BCUT2D eigenvalue weighted by atomic mass is 10.1. The van der Waals surface area contributed by atoms with Gasteiger partial charge in [0.2, 0.25) is 6.69 Å². The molecule has 2 heteroatoms. The first-order chi connectivity index (χ1) is 7.71. The predicted octanol–water partition coefficient (Wildman–Crippen LogP) is 3.84. The van der Waals surface area contributed by atoms with Gasteiger partial charge in [0.15, 0.2) is 0 Å². The van der Waals surface area contributed by atoms with Crippen LogP contribution in [0.15, 0.2) is 67.0 Å². The predicted molar refractivity (Wildman–Crippen MR) is 78.7 cm³/mol. The standard InChI is InChI=1S/C14H13BrSi/c1-3-16(15,4-2)14-11-7-9-12-8-5-6-10-13(12)14/h3-11H,1-2H2. The van der Waals surface area contributed by atoms with Crippen molar-refractivity contribution in [2.45, 2.75) is 0 Å². The molecule has 0 bridgehead atoms. The van der Waals surface area contributed by atoms with Crippen LogP contribution in [0, 0.1) is 0 Å². The summed E-state index contributed by atoms with van der Waals surface area (Å²) in [5.41, 5.74) is 4.00. The zero-order valence-corrected chi connectivity index (χ0v) is 11.6. The molecule has 0 radical (unpaired) electrons. The zero-order chi connectivity index (χ0) is 11.6. The van der Waals surface area contributed by atoms with Gasteiger partial charge in [0.25, 0.3) is 0 Å². The van der Waals surface area contributed by atoms with Crippen molar-refractivity contribution in [3.05, 3.63) is 67.0 Å². The average Bonchev–Trinajstić information content (AvgIpc) is 2.37. The normalized spacial score (nSPS) is 11.3. The molecule has 0 heterocycles. The maximum absolute atomic E-state index is 3.93. The summed E-state index contributed by atoms with van der Waals surface area (Å²) in [4.78, 5) is 0. The van der Waals surface area contributed by atoms with Gasteiger partial charge in [-0.25, -0.2) is 0 Å². The molecule has 0 atom stereocenters. The molecule has 0 aliphatic carbocycles. The van der Waals surface area contributed by atoms with Crippen molar-refractivity contribution >= 4 is 37.9 Å². The van der Waals surface area contributed by atoms with Gasteiger partial charge < -0.3 is 0 Å². The third-order valence-corrected chi connectivity index (χ3v) is 8.47. The minimum absolute atomic E-state index is 1.26. The van der Waals surface area contributed by atoms with Gasteiger partial charge >= 0.3 is 0 Å². The van der Waals surface area contributed by atoms with E-state index in [2.05, 4.69) is 70.9 Å². The molecular formula is C14H13BrSi. The molecule has 2 aromatic rings. The summed E-state index contributed by atoms with van der Waals surface area (Å²) in [5, 5.41) is 3.86. The van der Waals surface area contributed by atoms with E-state index in [0.29, 0.717) is 0 Å². The molecule has 0 amide bonds. The number of hydrogen-bond acceptors (Lipinski definition) is 0. The molecule has 0 aromatic heterocycles. The molecule has 0 spiro atoms. The van der Waals surface area contributed by atoms with Crippen LogP contribution >= 0.6 is 15.3 Å². The molecule has 16 heavy (non-hydrogen) atoms. The van der Waals surface area contributed by atoms with E-state index in [9.17, 15) is 0 Å². The average molecular weight is 289 g/mol. The zero-order valence-electron chi connectivity index (χ0n) is 8.99. The highest BCUT2D eigenvalue weighted by Crippen LogP contribution is 2.20.